The summed E-state index contributed by atoms with van der Waals surface area (Å²) in [6.45, 7) is 11.3. The smallest absolute Gasteiger partial charge is 0.428 e. The maximum absolute atomic E-state index is 13.5. The van der Waals surface area contributed by atoms with Crippen molar-refractivity contribution in [3.05, 3.63) is 46.7 Å². The fourth-order valence-corrected chi connectivity index (χ4v) is 6.63. The van der Waals surface area contributed by atoms with Crippen molar-refractivity contribution in [1.29, 1.82) is 0 Å². The zero-order valence-corrected chi connectivity index (χ0v) is 26.4. The number of aliphatic imine (C=N–C) groups is 1. The molecule has 224 valence electrons. The molecule has 1 aromatic carbocycles. The summed E-state index contributed by atoms with van der Waals surface area (Å²) >= 11 is 3.52. The Morgan fingerprint density at radius 3 is 2.12 bits per heavy atom. The fourth-order valence-electron chi connectivity index (χ4n) is 6.26. The van der Waals surface area contributed by atoms with Gasteiger partial charge in [-0.25, -0.2) is 14.6 Å². The molecule has 1 unspecified atom stereocenters. The Balaban J connectivity index is 1.51. The molecule has 3 spiro atoms. The minimum absolute atomic E-state index is 0.0894. The van der Waals surface area contributed by atoms with Gasteiger partial charge in [-0.2, -0.15) is 0 Å². The third-order valence-corrected chi connectivity index (χ3v) is 8.76. The number of hydrogen-bond acceptors (Lipinski definition) is 9. The highest BCUT2D eigenvalue weighted by Gasteiger charge is 2.75. The third kappa shape index (κ3) is 4.56. The van der Waals surface area contributed by atoms with Gasteiger partial charge in [-0.3, -0.25) is 4.98 Å². The highest BCUT2D eigenvalue weighted by molar-refractivity contribution is 9.10. The number of nitrogens with zero attached hydrogens (tertiary/aromatic N) is 3. The number of rotatable bonds is 1. The molecule has 0 N–H and O–H groups in total. The average molecular weight is 643 g/mol. The van der Waals surface area contributed by atoms with Gasteiger partial charge in [0.05, 0.1) is 18.6 Å². The topological polar surface area (TPSA) is 109 Å². The monoisotopic (exact) mass is 641 g/mol. The van der Waals surface area contributed by atoms with Crippen molar-refractivity contribution in [3.63, 3.8) is 0 Å². The molecule has 42 heavy (non-hydrogen) atoms. The standard InChI is InChI=1S/C31H36BrN3O7/c1-27(2,3)41-25(36)35(26(37)42-28(4,5)6)24-34-31(18-39-24)22-13-19(20-12-21(32)15-33-14-20)8-9-23(22)40-30(10-7-11-30)29(31)16-38-17-29/h8-9,12-15H,7,10-11,16-18H2,1-6H3. The summed E-state index contributed by atoms with van der Waals surface area (Å²) in [6.07, 6.45) is 4.40. The minimum Gasteiger partial charge on any atom is -0.486 e. The van der Waals surface area contributed by atoms with Crippen molar-refractivity contribution >= 4 is 34.1 Å². The predicted octanol–water partition coefficient (Wildman–Crippen LogP) is 6.60. The number of halogens is 1. The van der Waals surface area contributed by atoms with E-state index in [4.69, 9.17) is 28.7 Å². The van der Waals surface area contributed by atoms with Crippen molar-refractivity contribution in [3.8, 4) is 16.9 Å². The zero-order valence-electron chi connectivity index (χ0n) is 24.8. The summed E-state index contributed by atoms with van der Waals surface area (Å²) in [5.74, 6) is 0.702. The van der Waals surface area contributed by atoms with Gasteiger partial charge in [-0.05, 0) is 100 Å². The average Bonchev–Trinajstić information content (AvgIpc) is 3.24. The molecule has 6 rings (SSSR count). The molecule has 1 atom stereocenters. The number of fused-ring (bicyclic) bond motifs is 4. The van der Waals surface area contributed by atoms with E-state index in [-0.39, 0.29) is 12.6 Å². The summed E-state index contributed by atoms with van der Waals surface area (Å²) in [4.78, 5) is 37.2. The van der Waals surface area contributed by atoms with Crippen molar-refractivity contribution in [1.82, 2.24) is 9.88 Å². The Kier molecular flexibility index (Phi) is 6.66. The number of pyridine rings is 1. The number of ether oxygens (including phenoxy) is 5. The largest absolute Gasteiger partial charge is 0.486 e. The molecule has 1 aliphatic carbocycles. The lowest BCUT2D eigenvalue weighted by Gasteiger charge is -2.66. The first-order valence-corrected chi connectivity index (χ1v) is 15.0. The van der Waals surface area contributed by atoms with E-state index in [1.165, 1.54) is 0 Å². The van der Waals surface area contributed by atoms with Crippen LogP contribution in [0.25, 0.3) is 11.1 Å². The van der Waals surface area contributed by atoms with E-state index >= 15 is 0 Å². The van der Waals surface area contributed by atoms with E-state index < -0.39 is 39.9 Å². The number of hydrogen-bond donors (Lipinski definition) is 0. The molecule has 0 bridgehead atoms. The van der Waals surface area contributed by atoms with E-state index in [0.29, 0.717) is 19.0 Å². The molecule has 1 saturated heterocycles. The Morgan fingerprint density at radius 1 is 0.929 bits per heavy atom. The second-order valence-corrected chi connectivity index (χ2v) is 14.4. The van der Waals surface area contributed by atoms with Gasteiger partial charge in [-0.15, -0.1) is 4.90 Å². The SMILES string of the molecule is CC(C)(C)OC(=O)N(C(=O)OC(C)(C)C)C1=NC2(CO1)c1cc(-c3cncc(Br)c3)ccc1OC1(CCC1)C21COC1. The first-order valence-electron chi connectivity index (χ1n) is 14.2. The van der Waals surface area contributed by atoms with Crippen molar-refractivity contribution in [2.24, 2.45) is 10.4 Å². The van der Waals surface area contributed by atoms with Crippen LogP contribution >= 0.6 is 15.9 Å². The number of amides is 2. The molecule has 11 heteroatoms. The van der Waals surface area contributed by atoms with Crippen LogP contribution in [0.3, 0.4) is 0 Å². The van der Waals surface area contributed by atoms with Gasteiger partial charge in [0.25, 0.3) is 0 Å². The van der Waals surface area contributed by atoms with E-state index in [1.807, 2.05) is 24.3 Å². The van der Waals surface area contributed by atoms with Gasteiger partial charge in [-0.1, -0.05) is 6.07 Å². The van der Waals surface area contributed by atoms with Gasteiger partial charge in [0.1, 0.15) is 34.7 Å². The summed E-state index contributed by atoms with van der Waals surface area (Å²) in [5.41, 5.74) is -1.15. The Bertz CT molecular complexity index is 1440. The van der Waals surface area contributed by atoms with E-state index in [9.17, 15) is 9.59 Å². The van der Waals surface area contributed by atoms with Gasteiger partial charge in [0.15, 0.2) is 0 Å². The maximum atomic E-state index is 13.5. The van der Waals surface area contributed by atoms with Crippen LogP contribution in [0.2, 0.25) is 0 Å². The quantitative estimate of drug-likeness (QED) is 0.343. The molecule has 1 aromatic heterocycles. The normalized spacial score (nSPS) is 23.2. The summed E-state index contributed by atoms with van der Waals surface area (Å²) < 4.78 is 31.0. The molecular weight excluding hydrogens is 606 g/mol. The molecule has 2 fully saturated rings. The van der Waals surface area contributed by atoms with Crippen LogP contribution in [0.4, 0.5) is 9.59 Å². The van der Waals surface area contributed by atoms with Crippen LogP contribution in [0, 0.1) is 5.41 Å². The van der Waals surface area contributed by atoms with Crippen molar-refractivity contribution in [2.75, 3.05) is 19.8 Å². The lowest BCUT2D eigenvalue weighted by molar-refractivity contribution is -0.281. The lowest BCUT2D eigenvalue weighted by atomic mass is 9.49. The molecule has 2 amide bonds. The highest BCUT2D eigenvalue weighted by Crippen LogP contribution is 2.67. The second-order valence-electron chi connectivity index (χ2n) is 13.5. The van der Waals surface area contributed by atoms with Crippen LogP contribution in [0.15, 0.2) is 46.1 Å². The predicted molar refractivity (Wildman–Crippen MR) is 157 cm³/mol. The number of imide groups is 1. The lowest BCUT2D eigenvalue weighted by Crippen LogP contribution is -2.75. The van der Waals surface area contributed by atoms with E-state index in [2.05, 4.69) is 20.9 Å². The Hall–Kier alpha value is -3.18. The first kappa shape index (κ1) is 28.9. The molecule has 3 aliphatic heterocycles. The molecule has 1 saturated carbocycles. The van der Waals surface area contributed by atoms with Gasteiger partial charge in [0, 0.05) is 28.0 Å². The third-order valence-electron chi connectivity index (χ3n) is 8.33. The van der Waals surface area contributed by atoms with E-state index in [1.54, 1.807) is 53.9 Å². The maximum Gasteiger partial charge on any atom is 0.428 e. The van der Waals surface area contributed by atoms with Crippen molar-refractivity contribution < 1.29 is 33.3 Å². The summed E-state index contributed by atoms with van der Waals surface area (Å²) in [5, 5.41) is 0. The van der Waals surface area contributed by atoms with E-state index in [0.717, 1.165) is 45.3 Å². The number of amidine groups is 1. The number of carbonyl (C=O) groups is 2. The Labute approximate surface area is 253 Å². The van der Waals surface area contributed by atoms with Crippen LogP contribution in [0.1, 0.15) is 66.4 Å². The van der Waals surface area contributed by atoms with Gasteiger partial charge < -0.3 is 23.7 Å². The molecule has 4 heterocycles. The molecule has 10 nitrogen and oxygen atoms in total. The van der Waals surface area contributed by atoms with Crippen LogP contribution in [0.5, 0.6) is 5.75 Å². The Morgan fingerprint density at radius 2 is 1.60 bits per heavy atom. The van der Waals surface area contributed by atoms with Crippen LogP contribution in [-0.2, 0) is 24.5 Å². The van der Waals surface area contributed by atoms with Crippen LogP contribution < -0.4 is 4.74 Å². The zero-order chi connectivity index (χ0) is 30.1. The number of carbonyl (C=O) groups excluding carboxylic acids is 2. The number of aromatic nitrogens is 1. The summed E-state index contributed by atoms with van der Waals surface area (Å²) in [7, 11) is 0. The van der Waals surface area contributed by atoms with Gasteiger partial charge >= 0.3 is 18.2 Å². The highest BCUT2D eigenvalue weighted by atomic mass is 79.9. The number of benzene rings is 1. The fraction of sp³-hybridized carbons (Fsp3) is 0.548. The molecule has 0 radical (unpaired) electrons. The second kappa shape index (κ2) is 9.67. The molecule has 4 aliphatic rings. The molecular formula is C31H36BrN3O7. The van der Waals surface area contributed by atoms with Gasteiger partial charge in [0.2, 0.25) is 0 Å². The summed E-state index contributed by atoms with van der Waals surface area (Å²) in [6, 6.07) is 7.85. The van der Waals surface area contributed by atoms with Crippen LogP contribution in [-0.4, -0.2) is 64.7 Å². The molecule has 2 aromatic rings. The first-order chi connectivity index (χ1) is 19.7. The van der Waals surface area contributed by atoms with Crippen molar-refractivity contribution in [2.45, 2.75) is 83.1 Å². The minimum atomic E-state index is -0.994.